The van der Waals surface area contributed by atoms with Crippen LogP contribution in [0.1, 0.15) is 54.0 Å². The number of ether oxygens (including phenoxy) is 3. The standard InChI is InChI=1S/C31H32F2N4O6S/c1-17(2)31(3,34)30(40)43-16-42-28-22(38)10-11-36-27(28)29(39)35-12-13-41-14-24(35)37(36)26-18-8-9-21(32)25(33)20(18)15-44-23-7-5-4-6-19(23)26/h4-11,17,24,26H,12-16,34H2,1-3H3/t24-,26+,31-/m1/s1. The third-order valence-corrected chi connectivity index (χ3v) is 9.68. The maximum Gasteiger partial charge on any atom is 0.328 e. The minimum atomic E-state index is -1.30. The first-order valence-electron chi connectivity index (χ1n) is 14.2. The van der Waals surface area contributed by atoms with Gasteiger partial charge in [0.2, 0.25) is 18.0 Å². The third kappa shape index (κ3) is 4.92. The number of esters is 1. The highest BCUT2D eigenvalue weighted by molar-refractivity contribution is 7.98. The molecule has 3 aliphatic heterocycles. The number of halogens is 2. The van der Waals surface area contributed by atoms with E-state index >= 15 is 4.39 Å². The molecule has 0 spiro atoms. The molecule has 0 saturated carbocycles. The summed E-state index contributed by atoms with van der Waals surface area (Å²) in [6.45, 7) is 5.03. The molecule has 3 aliphatic rings. The SMILES string of the molecule is CC(C)[C@@](C)(N)C(=O)OCOc1c2n(ccc1=O)N([C@@H]1c3ccccc3SCc3c1ccc(F)c3F)[C@@H]1COCCN1C2=O. The van der Waals surface area contributed by atoms with E-state index in [0.29, 0.717) is 5.56 Å². The van der Waals surface area contributed by atoms with Crippen LogP contribution in [0.15, 0.2) is 58.4 Å². The molecular weight excluding hydrogens is 594 g/mol. The van der Waals surface area contributed by atoms with Gasteiger partial charge < -0.3 is 24.8 Å². The van der Waals surface area contributed by atoms with Crippen LogP contribution in [0.5, 0.6) is 5.75 Å². The van der Waals surface area contributed by atoms with Crippen molar-refractivity contribution in [3.8, 4) is 5.75 Å². The predicted octanol–water partition coefficient (Wildman–Crippen LogP) is 3.52. The maximum absolute atomic E-state index is 15.4. The minimum Gasteiger partial charge on any atom is -0.451 e. The van der Waals surface area contributed by atoms with Crippen molar-refractivity contribution in [3.05, 3.63) is 92.9 Å². The van der Waals surface area contributed by atoms with Crippen LogP contribution in [0.25, 0.3) is 0 Å². The van der Waals surface area contributed by atoms with Crippen molar-refractivity contribution in [3.63, 3.8) is 0 Å². The summed E-state index contributed by atoms with van der Waals surface area (Å²) in [6, 6.07) is 10.7. The molecule has 1 fully saturated rings. The molecule has 2 aromatic carbocycles. The lowest BCUT2D eigenvalue weighted by molar-refractivity contribution is -0.158. The van der Waals surface area contributed by atoms with Gasteiger partial charge in [-0.1, -0.05) is 38.1 Å². The molecule has 3 aromatic rings. The molecule has 2 N–H and O–H groups in total. The van der Waals surface area contributed by atoms with Gasteiger partial charge in [-0.3, -0.25) is 19.3 Å². The fraction of sp³-hybridized carbons (Fsp3) is 0.387. The Kier molecular flexibility index (Phi) is 7.89. The van der Waals surface area contributed by atoms with Gasteiger partial charge in [0.25, 0.3) is 5.91 Å². The van der Waals surface area contributed by atoms with Gasteiger partial charge in [0.1, 0.15) is 11.7 Å². The van der Waals surface area contributed by atoms with Gasteiger partial charge >= 0.3 is 5.97 Å². The molecule has 0 aliphatic carbocycles. The van der Waals surface area contributed by atoms with Gasteiger partial charge in [-0.05, 0) is 36.1 Å². The minimum absolute atomic E-state index is 0.0930. The molecule has 232 valence electrons. The molecular formula is C31H32F2N4O6S. The van der Waals surface area contributed by atoms with E-state index in [1.165, 1.54) is 35.6 Å². The Hall–Kier alpha value is -3.94. The van der Waals surface area contributed by atoms with Crippen LogP contribution in [-0.4, -0.2) is 59.7 Å². The maximum atomic E-state index is 15.4. The van der Waals surface area contributed by atoms with Crippen LogP contribution in [0.2, 0.25) is 0 Å². The normalized spacial score (nSPS) is 20.6. The number of thioether (sulfide) groups is 1. The number of hydrogen-bond acceptors (Lipinski definition) is 9. The third-order valence-electron chi connectivity index (χ3n) is 8.57. The average Bonchev–Trinajstić information content (AvgIpc) is 3.17. The van der Waals surface area contributed by atoms with Crippen molar-refractivity contribution < 1.29 is 32.6 Å². The molecule has 13 heteroatoms. The number of fused-ring (bicyclic) bond motifs is 4. The molecule has 0 unspecified atom stereocenters. The molecule has 6 rings (SSSR count). The Morgan fingerprint density at radius 2 is 1.93 bits per heavy atom. The van der Waals surface area contributed by atoms with E-state index in [-0.39, 0.29) is 48.4 Å². The summed E-state index contributed by atoms with van der Waals surface area (Å²) in [5.74, 6) is -3.45. The summed E-state index contributed by atoms with van der Waals surface area (Å²) in [5.41, 5.74) is 5.64. The van der Waals surface area contributed by atoms with Crippen LogP contribution < -0.4 is 20.9 Å². The highest BCUT2D eigenvalue weighted by Gasteiger charge is 2.46. The summed E-state index contributed by atoms with van der Waals surface area (Å²) in [5, 5.41) is 1.84. The number of carbonyl (C=O) groups is 2. The van der Waals surface area contributed by atoms with E-state index in [4.69, 9.17) is 19.9 Å². The number of aromatic nitrogens is 1. The fourth-order valence-corrected chi connectivity index (χ4v) is 6.76. The van der Waals surface area contributed by atoms with E-state index in [2.05, 4.69) is 0 Å². The van der Waals surface area contributed by atoms with Crippen LogP contribution in [-0.2, 0) is 20.0 Å². The van der Waals surface area contributed by atoms with E-state index < -0.39 is 53.5 Å². The number of nitrogens with zero attached hydrogens (tertiary/aromatic N) is 3. The second-order valence-corrected chi connectivity index (χ2v) is 12.4. The molecule has 44 heavy (non-hydrogen) atoms. The molecule has 4 heterocycles. The van der Waals surface area contributed by atoms with Crippen molar-refractivity contribution in [2.24, 2.45) is 11.7 Å². The van der Waals surface area contributed by atoms with Gasteiger partial charge in [0.15, 0.2) is 17.3 Å². The number of benzene rings is 2. The number of hydrogen-bond donors (Lipinski definition) is 1. The number of pyridine rings is 1. The van der Waals surface area contributed by atoms with Crippen LogP contribution in [0.3, 0.4) is 0 Å². The Morgan fingerprint density at radius 1 is 1.16 bits per heavy atom. The lowest BCUT2D eigenvalue weighted by Crippen LogP contribution is -2.66. The molecule has 10 nitrogen and oxygen atoms in total. The largest absolute Gasteiger partial charge is 0.451 e. The van der Waals surface area contributed by atoms with Crippen molar-refractivity contribution in [2.45, 2.75) is 49.2 Å². The highest BCUT2D eigenvalue weighted by atomic mass is 32.2. The summed E-state index contributed by atoms with van der Waals surface area (Å²) < 4.78 is 48.2. The van der Waals surface area contributed by atoms with Gasteiger partial charge in [-0.25, -0.2) is 13.6 Å². The van der Waals surface area contributed by atoms with Gasteiger partial charge in [-0.15, -0.1) is 11.8 Å². The van der Waals surface area contributed by atoms with Crippen LogP contribution in [0, 0.1) is 17.6 Å². The monoisotopic (exact) mass is 626 g/mol. The Balaban J connectivity index is 1.50. The number of carbonyl (C=O) groups excluding carboxylic acids is 2. The van der Waals surface area contributed by atoms with Crippen LogP contribution >= 0.6 is 11.8 Å². The Bertz CT molecular complexity index is 1700. The number of nitrogens with two attached hydrogens (primary N) is 1. The topological polar surface area (TPSA) is 116 Å². The number of morpholine rings is 1. The van der Waals surface area contributed by atoms with E-state index in [1.54, 1.807) is 24.8 Å². The fourth-order valence-electron chi connectivity index (χ4n) is 5.64. The number of rotatable bonds is 6. The van der Waals surface area contributed by atoms with Crippen molar-refractivity contribution in [2.75, 3.05) is 31.6 Å². The van der Waals surface area contributed by atoms with E-state index in [0.717, 1.165) is 16.5 Å². The quantitative estimate of drug-likeness (QED) is 0.324. The molecule has 0 bridgehead atoms. The highest BCUT2D eigenvalue weighted by Crippen LogP contribution is 2.45. The Labute approximate surface area is 256 Å². The Morgan fingerprint density at radius 3 is 2.70 bits per heavy atom. The number of amides is 1. The lowest BCUT2D eigenvalue weighted by atomic mass is 9.90. The van der Waals surface area contributed by atoms with Crippen molar-refractivity contribution in [1.82, 2.24) is 9.58 Å². The first-order chi connectivity index (χ1) is 21.0. The molecule has 1 amide bonds. The van der Waals surface area contributed by atoms with Crippen LogP contribution in [0.4, 0.5) is 8.78 Å². The zero-order chi connectivity index (χ0) is 31.3. The molecule has 1 saturated heterocycles. The molecule has 1 aromatic heterocycles. The molecule has 0 radical (unpaired) electrons. The van der Waals surface area contributed by atoms with E-state index in [9.17, 15) is 18.8 Å². The molecule has 3 atom stereocenters. The van der Waals surface area contributed by atoms with Gasteiger partial charge in [0.05, 0.1) is 19.3 Å². The smallest absolute Gasteiger partial charge is 0.328 e. The summed E-state index contributed by atoms with van der Waals surface area (Å²) in [7, 11) is 0. The first kappa shape index (κ1) is 30.1. The summed E-state index contributed by atoms with van der Waals surface area (Å²) >= 11 is 1.39. The van der Waals surface area contributed by atoms with E-state index in [1.807, 2.05) is 29.3 Å². The zero-order valence-electron chi connectivity index (χ0n) is 24.4. The van der Waals surface area contributed by atoms with Gasteiger partial charge in [0, 0.05) is 35.0 Å². The second kappa shape index (κ2) is 11.5. The zero-order valence-corrected chi connectivity index (χ0v) is 25.2. The second-order valence-electron chi connectivity index (χ2n) is 11.4. The average molecular weight is 627 g/mol. The summed E-state index contributed by atoms with van der Waals surface area (Å²) in [6.07, 6.45) is 0.791. The van der Waals surface area contributed by atoms with Crippen molar-refractivity contribution in [1.29, 1.82) is 0 Å². The first-order valence-corrected chi connectivity index (χ1v) is 15.2. The van der Waals surface area contributed by atoms with Crippen molar-refractivity contribution >= 4 is 23.6 Å². The predicted molar refractivity (Wildman–Crippen MR) is 158 cm³/mol. The van der Waals surface area contributed by atoms with Gasteiger partial charge in [-0.2, -0.15) is 0 Å². The summed E-state index contributed by atoms with van der Waals surface area (Å²) in [4.78, 5) is 42.3. The lowest BCUT2D eigenvalue weighted by Gasteiger charge is -2.51.